The lowest BCUT2D eigenvalue weighted by atomic mass is 10.2. The molecule has 2 rings (SSSR count). The zero-order valence-corrected chi connectivity index (χ0v) is 13.8. The number of hydrogen-bond donors (Lipinski definition) is 2. The van der Waals surface area contributed by atoms with Crippen molar-refractivity contribution in [3.8, 4) is 24.7 Å². The van der Waals surface area contributed by atoms with Crippen molar-refractivity contribution < 1.29 is 18.8 Å². The Morgan fingerprint density at radius 3 is 2.62 bits per heavy atom. The maximum absolute atomic E-state index is 13.4. The first-order valence-corrected chi connectivity index (χ1v) is 7.37. The van der Waals surface area contributed by atoms with E-state index in [9.17, 15) is 18.8 Å². The number of aromatic nitrogens is 1. The second kappa shape index (κ2) is 7.82. The number of carbonyl (C=O) groups is 3. The minimum atomic E-state index is -0.863. The average Bonchev–Trinajstić information content (AvgIpc) is 3.02. The highest BCUT2D eigenvalue weighted by Gasteiger charge is 2.21. The van der Waals surface area contributed by atoms with E-state index in [4.69, 9.17) is 12.8 Å². The lowest BCUT2D eigenvalue weighted by Crippen LogP contribution is -2.31. The third kappa shape index (κ3) is 3.97. The molecule has 1 aromatic carbocycles. The number of anilines is 1. The molecule has 2 amide bonds. The van der Waals surface area contributed by atoms with Crippen LogP contribution in [0, 0.1) is 30.5 Å². The molecule has 6 nitrogen and oxygen atoms in total. The molecule has 0 aliphatic rings. The number of halogens is 1. The molecule has 0 unspecified atom stereocenters. The number of aryl methyl sites for hydroxylation is 1. The molecular formula is C19H14FN3O3. The summed E-state index contributed by atoms with van der Waals surface area (Å²) in [5.74, 6) is 1.56. The zero-order valence-electron chi connectivity index (χ0n) is 13.8. The topological polar surface area (TPSA) is 80.2 Å². The Hall–Kier alpha value is -3.84. The molecule has 0 aliphatic heterocycles. The van der Waals surface area contributed by atoms with Gasteiger partial charge < -0.3 is 15.2 Å². The lowest BCUT2D eigenvalue weighted by molar-refractivity contribution is -0.116. The number of terminal acetylenes is 2. The Morgan fingerprint density at radius 2 is 1.96 bits per heavy atom. The van der Waals surface area contributed by atoms with Gasteiger partial charge in [-0.05, 0) is 24.3 Å². The van der Waals surface area contributed by atoms with E-state index in [1.165, 1.54) is 29.0 Å². The summed E-state index contributed by atoms with van der Waals surface area (Å²) < 4.78 is 14.8. The first-order valence-electron chi connectivity index (χ1n) is 7.37. The van der Waals surface area contributed by atoms with Crippen LogP contribution >= 0.6 is 0 Å². The Labute approximate surface area is 149 Å². The van der Waals surface area contributed by atoms with Gasteiger partial charge in [0, 0.05) is 24.5 Å². The van der Waals surface area contributed by atoms with E-state index >= 15 is 0 Å². The number of nitrogens with zero attached hydrogens (tertiary/aromatic N) is 1. The first-order chi connectivity index (χ1) is 12.4. The van der Waals surface area contributed by atoms with Crippen LogP contribution in [0.5, 0.6) is 0 Å². The second-order valence-electron chi connectivity index (χ2n) is 5.23. The largest absolute Gasteiger partial charge is 0.346 e. The molecule has 7 heteroatoms. The van der Waals surface area contributed by atoms with Gasteiger partial charge in [0.2, 0.25) is 0 Å². The summed E-state index contributed by atoms with van der Waals surface area (Å²) >= 11 is 0. The molecule has 26 heavy (non-hydrogen) atoms. The van der Waals surface area contributed by atoms with Crippen molar-refractivity contribution in [3.63, 3.8) is 0 Å². The summed E-state index contributed by atoms with van der Waals surface area (Å²) in [5, 5.41) is 4.81. The lowest BCUT2D eigenvalue weighted by Gasteiger charge is -2.06. The van der Waals surface area contributed by atoms with Gasteiger partial charge in [0.25, 0.3) is 17.6 Å². The van der Waals surface area contributed by atoms with Crippen LogP contribution in [0.2, 0.25) is 0 Å². The highest BCUT2D eigenvalue weighted by Crippen LogP contribution is 2.16. The fourth-order valence-electron chi connectivity index (χ4n) is 2.17. The van der Waals surface area contributed by atoms with E-state index in [1.54, 1.807) is 7.05 Å². The monoisotopic (exact) mass is 351 g/mol. The molecule has 0 bridgehead atoms. The Balaban J connectivity index is 2.19. The van der Waals surface area contributed by atoms with Crippen LogP contribution in [0.4, 0.5) is 10.1 Å². The molecule has 130 valence electrons. The van der Waals surface area contributed by atoms with Crippen molar-refractivity contribution >= 4 is 23.3 Å². The van der Waals surface area contributed by atoms with Gasteiger partial charge in [-0.3, -0.25) is 14.4 Å². The van der Waals surface area contributed by atoms with Gasteiger partial charge >= 0.3 is 0 Å². The maximum Gasteiger partial charge on any atom is 0.293 e. The van der Waals surface area contributed by atoms with Crippen LogP contribution in [0.1, 0.15) is 26.4 Å². The molecule has 1 aromatic heterocycles. The number of nitrogens with one attached hydrogen (secondary N) is 2. The van der Waals surface area contributed by atoms with Crippen LogP contribution in [0.25, 0.3) is 0 Å². The van der Waals surface area contributed by atoms with Crippen molar-refractivity contribution in [2.75, 3.05) is 11.9 Å². The number of rotatable bonds is 5. The van der Waals surface area contributed by atoms with Crippen molar-refractivity contribution in [1.29, 1.82) is 0 Å². The minimum Gasteiger partial charge on any atom is -0.346 e. The van der Waals surface area contributed by atoms with Crippen molar-refractivity contribution in [2.45, 2.75) is 0 Å². The number of carbonyl (C=O) groups excluding carboxylic acids is 3. The van der Waals surface area contributed by atoms with E-state index in [2.05, 4.69) is 22.5 Å². The zero-order chi connectivity index (χ0) is 19.3. The number of hydrogen-bond acceptors (Lipinski definition) is 3. The highest BCUT2D eigenvalue weighted by molar-refractivity contribution is 6.43. The smallest absolute Gasteiger partial charge is 0.293 e. The number of amides is 2. The summed E-state index contributed by atoms with van der Waals surface area (Å²) in [6, 6.07) is 5.09. The highest BCUT2D eigenvalue weighted by atomic mass is 19.1. The van der Waals surface area contributed by atoms with Crippen molar-refractivity contribution in [3.05, 3.63) is 53.1 Å². The molecule has 1 heterocycles. The number of benzene rings is 1. The van der Waals surface area contributed by atoms with Crippen LogP contribution in [0.3, 0.4) is 0 Å². The van der Waals surface area contributed by atoms with Gasteiger partial charge in [0.1, 0.15) is 11.5 Å². The van der Waals surface area contributed by atoms with Crippen molar-refractivity contribution in [2.24, 2.45) is 7.05 Å². The summed E-state index contributed by atoms with van der Waals surface area (Å²) in [5.41, 5.74) is 0.473. The van der Waals surface area contributed by atoms with E-state index in [0.717, 1.165) is 6.07 Å². The van der Waals surface area contributed by atoms with Gasteiger partial charge in [-0.25, -0.2) is 4.39 Å². The predicted octanol–water partition coefficient (Wildman–Crippen LogP) is 1.33. The molecule has 0 spiro atoms. The molecule has 0 saturated heterocycles. The first kappa shape index (κ1) is 18.5. The van der Waals surface area contributed by atoms with Gasteiger partial charge in [0.15, 0.2) is 0 Å². The van der Waals surface area contributed by atoms with E-state index < -0.39 is 23.4 Å². The molecule has 0 atom stereocenters. The van der Waals surface area contributed by atoms with E-state index in [1.807, 2.05) is 0 Å². The summed E-state index contributed by atoms with van der Waals surface area (Å²) in [7, 11) is 1.54. The molecule has 0 saturated carbocycles. The van der Waals surface area contributed by atoms with Gasteiger partial charge in [-0.1, -0.05) is 11.8 Å². The fraction of sp³-hybridized carbons (Fsp3) is 0.105. The van der Waals surface area contributed by atoms with Gasteiger partial charge in [-0.2, -0.15) is 0 Å². The third-order valence-electron chi connectivity index (χ3n) is 3.44. The number of ketones is 1. The van der Waals surface area contributed by atoms with Crippen LogP contribution in [-0.4, -0.2) is 28.7 Å². The predicted molar refractivity (Wildman–Crippen MR) is 93.9 cm³/mol. The second-order valence-corrected chi connectivity index (χ2v) is 5.23. The normalized spacial score (nSPS) is 9.69. The average molecular weight is 351 g/mol. The Morgan fingerprint density at radius 1 is 1.23 bits per heavy atom. The molecular weight excluding hydrogens is 337 g/mol. The Bertz CT molecular complexity index is 977. The SMILES string of the molecule is C#CCNC(=O)C(=O)c1cc(C(=O)Nc2ccc(F)c(C#C)c2)n(C)c1. The molecule has 0 radical (unpaired) electrons. The third-order valence-corrected chi connectivity index (χ3v) is 3.44. The minimum absolute atomic E-state index is 0.00994. The van der Waals surface area contributed by atoms with E-state index in [0.29, 0.717) is 5.69 Å². The van der Waals surface area contributed by atoms with Crippen LogP contribution in [-0.2, 0) is 11.8 Å². The number of Topliss-reactive ketones (excluding diaryl/α,β-unsaturated/α-hetero) is 1. The standard InChI is InChI=1S/C19H14FN3O3/c1-4-8-21-19(26)17(24)13-10-16(23(3)11-13)18(25)22-14-6-7-15(20)12(5-2)9-14/h1-2,6-7,9-11H,8H2,3H3,(H,21,26)(H,22,25). The summed E-state index contributed by atoms with van der Waals surface area (Å²) in [6.45, 7) is -0.0766. The Kier molecular flexibility index (Phi) is 5.56. The maximum atomic E-state index is 13.4. The molecule has 2 N–H and O–H groups in total. The van der Waals surface area contributed by atoms with Crippen molar-refractivity contribution in [1.82, 2.24) is 9.88 Å². The molecule has 0 aliphatic carbocycles. The summed E-state index contributed by atoms with van der Waals surface area (Å²) in [4.78, 5) is 36.1. The quantitative estimate of drug-likeness (QED) is 0.485. The van der Waals surface area contributed by atoms with Gasteiger partial charge in [0.05, 0.1) is 12.1 Å². The molecule has 2 aromatic rings. The molecule has 0 fully saturated rings. The summed E-state index contributed by atoms with van der Waals surface area (Å²) in [6.07, 6.45) is 11.6. The fourth-order valence-corrected chi connectivity index (χ4v) is 2.17. The van der Waals surface area contributed by atoms with Gasteiger partial charge in [-0.15, -0.1) is 12.8 Å². The van der Waals surface area contributed by atoms with E-state index in [-0.39, 0.29) is 23.4 Å². The van der Waals surface area contributed by atoms with Crippen LogP contribution in [0.15, 0.2) is 30.5 Å². The van der Waals surface area contributed by atoms with Crippen LogP contribution < -0.4 is 10.6 Å².